The van der Waals surface area contributed by atoms with Crippen molar-refractivity contribution < 1.29 is 0 Å². The minimum atomic E-state index is -0.575. The molecule has 0 aliphatic carbocycles. The molecule has 0 saturated carbocycles. The van der Waals surface area contributed by atoms with E-state index < -0.39 is 7.92 Å². The lowest BCUT2D eigenvalue weighted by Gasteiger charge is -2.32. The summed E-state index contributed by atoms with van der Waals surface area (Å²) < 4.78 is 0. The second-order valence-electron chi connectivity index (χ2n) is 7.22. The molecule has 0 saturated heterocycles. The van der Waals surface area contributed by atoms with Crippen LogP contribution in [-0.2, 0) is 0 Å². The van der Waals surface area contributed by atoms with E-state index in [4.69, 9.17) is 0 Å². The molecular weight excluding hydrogens is 333 g/mol. The lowest BCUT2D eigenvalue weighted by atomic mass is 9.95. The van der Waals surface area contributed by atoms with Crippen molar-refractivity contribution in [3.05, 3.63) is 90.5 Å². The highest BCUT2D eigenvalue weighted by atomic mass is 31.1. The Hall–Kier alpha value is -1.95. The van der Waals surface area contributed by atoms with Crippen LogP contribution in [0.3, 0.4) is 0 Å². The maximum atomic E-state index is 2.35. The fraction of sp³-hybridized carbons (Fsp3) is 0.250. The Labute approximate surface area is 159 Å². The molecule has 0 aliphatic heterocycles. The molecule has 3 aromatic carbocycles. The van der Waals surface area contributed by atoms with Gasteiger partial charge in [0, 0.05) is 6.04 Å². The fourth-order valence-electron chi connectivity index (χ4n) is 3.76. The monoisotopic (exact) mass is 361 g/mol. The Balaban J connectivity index is 2.20. The molecule has 0 spiro atoms. The molecule has 2 heteroatoms. The van der Waals surface area contributed by atoms with E-state index in [1.54, 1.807) is 0 Å². The first-order valence-corrected chi connectivity index (χ1v) is 10.6. The Bertz CT molecular complexity index is 764. The van der Waals surface area contributed by atoms with Gasteiger partial charge in [-0.15, -0.1) is 0 Å². The highest BCUT2D eigenvalue weighted by molar-refractivity contribution is 7.79. The first-order chi connectivity index (χ1) is 12.6. The van der Waals surface area contributed by atoms with Crippen molar-refractivity contribution in [1.82, 2.24) is 4.90 Å². The molecule has 0 N–H and O–H groups in total. The summed E-state index contributed by atoms with van der Waals surface area (Å²) in [4.78, 5) is 2.35. The third kappa shape index (κ3) is 4.06. The minimum absolute atomic E-state index is 0.406. The Morgan fingerprint density at radius 2 is 1.12 bits per heavy atom. The average molecular weight is 361 g/mol. The lowest BCUT2D eigenvalue weighted by Crippen LogP contribution is -2.31. The van der Waals surface area contributed by atoms with Crippen molar-refractivity contribution in [2.75, 3.05) is 14.1 Å². The van der Waals surface area contributed by atoms with E-state index in [0.717, 1.165) is 0 Å². The van der Waals surface area contributed by atoms with Crippen LogP contribution in [0.25, 0.3) is 0 Å². The van der Waals surface area contributed by atoms with E-state index in [9.17, 15) is 0 Å². The van der Waals surface area contributed by atoms with Crippen LogP contribution in [0.1, 0.15) is 25.5 Å². The van der Waals surface area contributed by atoms with Gasteiger partial charge in [-0.1, -0.05) is 98.8 Å². The van der Waals surface area contributed by atoms with E-state index in [2.05, 4.69) is 118 Å². The van der Waals surface area contributed by atoms with Gasteiger partial charge in [0.1, 0.15) is 0 Å². The van der Waals surface area contributed by atoms with Gasteiger partial charge >= 0.3 is 0 Å². The van der Waals surface area contributed by atoms with Crippen LogP contribution in [0.4, 0.5) is 0 Å². The molecular formula is C24H28NP. The Morgan fingerprint density at radius 3 is 1.58 bits per heavy atom. The van der Waals surface area contributed by atoms with E-state index >= 15 is 0 Å². The molecule has 3 rings (SSSR count). The zero-order chi connectivity index (χ0) is 18.5. The van der Waals surface area contributed by atoms with Gasteiger partial charge in [-0.3, -0.25) is 0 Å². The summed E-state index contributed by atoms with van der Waals surface area (Å²) >= 11 is 0. The van der Waals surface area contributed by atoms with Crippen molar-refractivity contribution in [2.24, 2.45) is 5.92 Å². The van der Waals surface area contributed by atoms with Crippen LogP contribution in [0.5, 0.6) is 0 Å². The number of benzene rings is 3. The first kappa shape index (κ1) is 18.8. The molecule has 134 valence electrons. The van der Waals surface area contributed by atoms with Crippen LogP contribution >= 0.6 is 7.92 Å². The van der Waals surface area contributed by atoms with Crippen molar-refractivity contribution in [3.63, 3.8) is 0 Å². The largest absolute Gasteiger partial charge is 0.302 e. The summed E-state index contributed by atoms with van der Waals surface area (Å²) in [6.07, 6.45) is 0. The second-order valence-corrected chi connectivity index (χ2v) is 9.40. The van der Waals surface area contributed by atoms with E-state index in [1.807, 2.05) is 0 Å². The van der Waals surface area contributed by atoms with E-state index in [0.29, 0.717) is 12.0 Å². The molecule has 0 fully saturated rings. The summed E-state index contributed by atoms with van der Waals surface area (Å²) in [6, 6.07) is 31.3. The number of hydrogen-bond acceptors (Lipinski definition) is 1. The molecule has 0 aliphatic rings. The van der Waals surface area contributed by atoms with Crippen molar-refractivity contribution in [2.45, 2.75) is 19.9 Å². The first-order valence-electron chi connectivity index (χ1n) is 9.25. The molecule has 1 nitrogen and oxygen atoms in total. The number of nitrogens with zero attached hydrogens (tertiary/aromatic N) is 1. The molecule has 26 heavy (non-hydrogen) atoms. The molecule has 0 amide bonds. The summed E-state index contributed by atoms with van der Waals surface area (Å²) in [6.45, 7) is 4.63. The minimum Gasteiger partial charge on any atom is -0.302 e. The molecule has 0 bridgehead atoms. The topological polar surface area (TPSA) is 3.24 Å². The molecule has 1 unspecified atom stereocenters. The second kappa shape index (κ2) is 8.62. The van der Waals surface area contributed by atoms with Gasteiger partial charge in [0.05, 0.1) is 0 Å². The van der Waals surface area contributed by atoms with Crippen LogP contribution < -0.4 is 15.9 Å². The molecule has 1 atom stereocenters. The van der Waals surface area contributed by atoms with Crippen molar-refractivity contribution in [1.29, 1.82) is 0 Å². The van der Waals surface area contributed by atoms with Gasteiger partial charge in [-0.2, -0.15) is 0 Å². The quantitative estimate of drug-likeness (QED) is 0.575. The van der Waals surface area contributed by atoms with Gasteiger partial charge in [0.25, 0.3) is 0 Å². The smallest absolute Gasteiger partial charge is 0.0371 e. The normalized spacial score (nSPS) is 12.7. The average Bonchev–Trinajstić information content (AvgIpc) is 2.64. The standard InChI is InChI=1S/C24H28NP/c1-19(2)24(25(3)4)22-17-11-12-18-23(22)26(20-13-7-5-8-14-20)21-15-9-6-10-16-21/h5-19,24H,1-4H3. The van der Waals surface area contributed by atoms with Crippen molar-refractivity contribution >= 4 is 23.8 Å². The summed E-state index contributed by atoms with van der Waals surface area (Å²) in [5, 5.41) is 4.28. The van der Waals surface area contributed by atoms with Gasteiger partial charge in [-0.05, 0) is 49.4 Å². The summed E-state index contributed by atoms with van der Waals surface area (Å²) in [5.41, 5.74) is 1.45. The highest BCUT2D eigenvalue weighted by Crippen LogP contribution is 2.37. The molecule has 0 heterocycles. The Morgan fingerprint density at radius 1 is 0.654 bits per heavy atom. The zero-order valence-corrected chi connectivity index (χ0v) is 17.0. The van der Waals surface area contributed by atoms with Gasteiger partial charge in [0.2, 0.25) is 0 Å². The molecule has 0 aromatic heterocycles. The summed E-state index contributed by atoms with van der Waals surface area (Å²) in [5.74, 6) is 0.551. The van der Waals surface area contributed by atoms with Crippen LogP contribution in [0.2, 0.25) is 0 Å². The maximum Gasteiger partial charge on any atom is 0.0371 e. The lowest BCUT2D eigenvalue weighted by molar-refractivity contribution is 0.236. The predicted molar refractivity (Wildman–Crippen MR) is 116 cm³/mol. The maximum absolute atomic E-state index is 2.35. The van der Waals surface area contributed by atoms with Crippen LogP contribution in [0.15, 0.2) is 84.9 Å². The van der Waals surface area contributed by atoms with Gasteiger partial charge in [0.15, 0.2) is 0 Å². The Kier molecular flexibility index (Phi) is 6.25. The van der Waals surface area contributed by atoms with Gasteiger partial charge < -0.3 is 4.90 Å². The van der Waals surface area contributed by atoms with Crippen LogP contribution in [0, 0.1) is 5.92 Å². The predicted octanol–water partition coefficient (Wildman–Crippen LogP) is 4.70. The number of rotatable bonds is 6. The highest BCUT2D eigenvalue weighted by Gasteiger charge is 2.26. The van der Waals surface area contributed by atoms with Crippen LogP contribution in [-0.4, -0.2) is 19.0 Å². The number of hydrogen-bond donors (Lipinski definition) is 0. The fourth-order valence-corrected chi connectivity index (χ4v) is 6.25. The van der Waals surface area contributed by atoms with E-state index in [1.165, 1.54) is 21.5 Å². The third-order valence-corrected chi connectivity index (χ3v) is 7.23. The molecule has 3 aromatic rings. The summed E-state index contributed by atoms with van der Waals surface area (Å²) in [7, 11) is 3.80. The van der Waals surface area contributed by atoms with Crippen molar-refractivity contribution in [3.8, 4) is 0 Å². The van der Waals surface area contributed by atoms with Gasteiger partial charge in [-0.25, -0.2) is 0 Å². The zero-order valence-electron chi connectivity index (χ0n) is 16.1. The van der Waals surface area contributed by atoms with E-state index in [-0.39, 0.29) is 0 Å². The molecule has 0 radical (unpaired) electrons. The third-order valence-electron chi connectivity index (χ3n) is 4.71. The SMILES string of the molecule is CC(C)C(c1ccccc1P(c1ccccc1)c1ccccc1)N(C)C.